The van der Waals surface area contributed by atoms with Crippen molar-refractivity contribution in [2.45, 2.75) is 13.0 Å². The molecule has 0 aromatic carbocycles. The van der Waals surface area contributed by atoms with Gasteiger partial charge in [-0.05, 0) is 19.1 Å². The van der Waals surface area contributed by atoms with Crippen LogP contribution < -0.4 is 5.32 Å². The van der Waals surface area contributed by atoms with Crippen LogP contribution in [0.1, 0.15) is 18.7 Å². The van der Waals surface area contributed by atoms with Gasteiger partial charge in [-0.25, -0.2) is 0 Å². The summed E-state index contributed by atoms with van der Waals surface area (Å²) in [6.07, 6.45) is 1.76. The van der Waals surface area contributed by atoms with E-state index in [2.05, 4.69) is 10.3 Å². The van der Waals surface area contributed by atoms with E-state index in [0.29, 0.717) is 32.8 Å². The van der Waals surface area contributed by atoms with Crippen molar-refractivity contribution in [3.8, 4) is 0 Å². The molecule has 98 valence electrons. The van der Waals surface area contributed by atoms with Gasteiger partial charge in [0.15, 0.2) is 0 Å². The van der Waals surface area contributed by atoms with Gasteiger partial charge >= 0.3 is 0 Å². The molecule has 1 amide bonds. The molecule has 0 aliphatic carbocycles. The van der Waals surface area contributed by atoms with E-state index in [1.165, 1.54) is 0 Å². The maximum absolute atomic E-state index is 11.9. The smallest absolute Gasteiger partial charge is 0.236 e. The summed E-state index contributed by atoms with van der Waals surface area (Å²) < 4.78 is 5.22. The Bertz CT molecular complexity index is 377. The Labute approximate surface area is 107 Å². The highest BCUT2D eigenvalue weighted by molar-refractivity contribution is 5.78. The first kappa shape index (κ1) is 13.0. The Balaban J connectivity index is 1.78. The molecule has 5 heteroatoms. The Morgan fingerprint density at radius 1 is 1.50 bits per heavy atom. The fourth-order valence-electron chi connectivity index (χ4n) is 1.90. The standard InChI is InChI=1S/C13H19N3O2/c1-11(12-4-2-3-5-14-12)15-10-13(17)16-6-8-18-9-7-16/h2-5,11,15H,6-10H2,1H3. The number of carbonyl (C=O) groups is 1. The summed E-state index contributed by atoms with van der Waals surface area (Å²) >= 11 is 0. The molecule has 0 bridgehead atoms. The number of pyridine rings is 1. The number of morpholine rings is 1. The van der Waals surface area contributed by atoms with Crippen molar-refractivity contribution in [3.05, 3.63) is 30.1 Å². The number of amides is 1. The van der Waals surface area contributed by atoms with Crippen LogP contribution in [0.5, 0.6) is 0 Å². The number of aromatic nitrogens is 1. The zero-order valence-corrected chi connectivity index (χ0v) is 10.6. The van der Waals surface area contributed by atoms with Crippen molar-refractivity contribution in [3.63, 3.8) is 0 Å². The second-order valence-electron chi connectivity index (χ2n) is 4.35. The van der Waals surface area contributed by atoms with Gasteiger partial charge < -0.3 is 15.0 Å². The highest BCUT2D eigenvalue weighted by Gasteiger charge is 2.17. The van der Waals surface area contributed by atoms with Gasteiger partial charge in [0.25, 0.3) is 0 Å². The molecule has 18 heavy (non-hydrogen) atoms. The fourth-order valence-corrected chi connectivity index (χ4v) is 1.90. The van der Waals surface area contributed by atoms with E-state index in [9.17, 15) is 4.79 Å². The van der Waals surface area contributed by atoms with E-state index in [4.69, 9.17) is 4.74 Å². The van der Waals surface area contributed by atoms with Gasteiger partial charge in [0.1, 0.15) is 0 Å². The van der Waals surface area contributed by atoms with E-state index >= 15 is 0 Å². The van der Waals surface area contributed by atoms with Gasteiger partial charge in [-0.15, -0.1) is 0 Å². The summed E-state index contributed by atoms with van der Waals surface area (Å²) in [5.74, 6) is 0.126. The molecule has 1 fully saturated rings. The van der Waals surface area contributed by atoms with E-state index in [0.717, 1.165) is 5.69 Å². The number of ether oxygens (including phenoxy) is 1. The molecule has 0 radical (unpaired) electrons. The summed E-state index contributed by atoms with van der Waals surface area (Å²) in [5.41, 5.74) is 0.951. The topological polar surface area (TPSA) is 54.5 Å². The zero-order chi connectivity index (χ0) is 12.8. The maximum Gasteiger partial charge on any atom is 0.236 e. The predicted octanol–water partition coefficient (Wildman–Crippen LogP) is 0.591. The maximum atomic E-state index is 11.9. The molecule has 1 atom stereocenters. The van der Waals surface area contributed by atoms with E-state index in [-0.39, 0.29) is 11.9 Å². The first-order chi connectivity index (χ1) is 8.77. The monoisotopic (exact) mass is 249 g/mol. The first-order valence-electron chi connectivity index (χ1n) is 6.27. The third-order valence-electron chi connectivity index (χ3n) is 3.05. The second-order valence-corrected chi connectivity index (χ2v) is 4.35. The number of carbonyl (C=O) groups excluding carboxylic acids is 1. The number of hydrogen-bond acceptors (Lipinski definition) is 4. The summed E-state index contributed by atoms with van der Waals surface area (Å²) in [6, 6.07) is 5.87. The summed E-state index contributed by atoms with van der Waals surface area (Å²) in [7, 11) is 0. The molecule has 0 saturated carbocycles. The van der Waals surface area contributed by atoms with Crippen molar-refractivity contribution < 1.29 is 9.53 Å². The fraction of sp³-hybridized carbons (Fsp3) is 0.538. The van der Waals surface area contributed by atoms with E-state index in [1.54, 1.807) is 6.20 Å². The average molecular weight is 249 g/mol. The first-order valence-corrected chi connectivity index (χ1v) is 6.27. The van der Waals surface area contributed by atoms with Crippen LogP contribution in [0.3, 0.4) is 0 Å². The lowest BCUT2D eigenvalue weighted by atomic mass is 10.2. The van der Waals surface area contributed by atoms with Crippen LogP contribution in [0.25, 0.3) is 0 Å². The Morgan fingerprint density at radius 2 is 2.28 bits per heavy atom. The zero-order valence-electron chi connectivity index (χ0n) is 10.6. The van der Waals surface area contributed by atoms with Gasteiger partial charge in [0.05, 0.1) is 25.5 Å². The molecule has 2 heterocycles. The lowest BCUT2D eigenvalue weighted by Gasteiger charge is -2.27. The molecular weight excluding hydrogens is 230 g/mol. The summed E-state index contributed by atoms with van der Waals surface area (Å²) in [4.78, 5) is 18.0. The molecule has 0 spiro atoms. The molecule has 1 aliphatic heterocycles. The number of hydrogen-bond donors (Lipinski definition) is 1. The third kappa shape index (κ3) is 3.51. The molecule has 1 aromatic heterocycles. The van der Waals surface area contributed by atoms with Crippen molar-refractivity contribution in [1.82, 2.24) is 15.2 Å². The molecule has 1 aliphatic rings. The Hall–Kier alpha value is -1.46. The minimum absolute atomic E-state index is 0.0798. The molecule has 1 unspecified atom stereocenters. The normalized spacial score (nSPS) is 17.5. The van der Waals surface area contributed by atoms with Crippen molar-refractivity contribution in [2.24, 2.45) is 0 Å². The largest absolute Gasteiger partial charge is 0.378 e. The van der Waals surface area contributed by atoms with Crippen LogP contribution in [-0.2, 0) is 9.53 Å². The highest BCUT2D eigenvalue weighted by atomic mass is 16.5. The van der Waals surface area contributed by atoms with Gasteiger partial charge in [0, 0.05) is 25.3 Å². The lowest BCUT2D eigenvalue weighted by Crippen LogP contribution is -2.45. The molecule has 2 rings (SSSR count). The third-order valence-corrected chi connectivity index (χ3v) is 3.05. The van der Waals surface area contributed by atoms with Crippen LogP contribution in [0.2, 0.25) is 0 Å². The van der Waals surface area contributed by atoms with Crippen molar-refractivity contribution >= 4 is 5.91 Å². The van der Waals surface area contributed by atoms with Crippen LogP contribution in [0.4, 0.5) is 0 Å². The van der Waals surface area contributed by atoms with E-state index in [1.807, 2.05) is 30.0 Å². The van der Waals surface area contributed by atoms with Crippen molar-refractivity contribution in [2.75, 3.05) is 32.8 Å². The quantitative estimate of drug-likeness (QED) is 0.848. The SMILES string of the molecule is CC(NCC(=O)N1CCOCC1)c1ccccn1. The number of rotatable bonds is 4. The van der Waals surface area contributed by atoms with Gasteiger partial charge in [-0.1, -0.05) is 6.07 Å². The number of nitrogens with zero attached hydrogens (tertiary/aromatic N) is 2. The van der Waals surface area contributed by atoms with E-state index < -0.39 is 0 Å². The minimum Gasteiger partial charge on any atom is -0.378 e. The van der Waals surface area contributed by atoms with Crippen LogP contribution >= 0.6 is 0 Å². The molecule has 5 nitrogen and oxygen atoms in total. The molecule has 1 aromatic rings. The van der Waals surface area contributed by atoms with Gasteiger partial charge in [-0.2, -0.15) is 0 Å². The molecular formula is C13H19N3O2. The highest BCUT2D eigenvalue weighted by Crippen LogP contribution is 2.07. The molecule has 1 saturated heterocycles. The minimum atomic E-state index is 0.0798. The van der Waals surface area contributed by atoms with Crippen molar-refractivity contribution in [1.29, 1.82) is 0 Å². The Morgan fingerprint density at radius 3 is 2.94 bits per heavy atom. The second kappa shape index (κ2) is 6.47. The number of nitrogens with one attached hydrogen (secondary N) is 1. The van der Waals surface area contributed by atoms with Crippen LogP contribution in [-0.4, -0.2) is 48.6 Å². The van der Waals surface area contributed by atoms with Crippen LogP contribution in [0.15, 0.2) is 24.4 Å². The van der Waals surface area contributed by atoms with Gasteiger partial charge in [0.2, 0.25) is 5.91 Å². The average Bonchev–Trinajstić information content (AvgIpc) is 2.46. The summed E-state index contributed by atoms with van der Waals surface area (Å²) in [5, 5.41) is 3.20. The van der Waals surface area contributed by atoms with Gasteiger partial charge in [-0.3, -0.25) is 9.78 Å². The summed E-state index contributed by atoms with van der Waals surface area (Å²) in [6.45, 7) is 5.02. The predicted molar refractivity (Wildman–Crippen MR) is 68.1 cm³/mol. The molecule has 1 N–H and O–H groups in total. The Kier molecular flexibility index (Phi) is 4.66. The lowest BCUT2D eigenvalue weighted by molar-refractivity contribution is -0.134. The van der Waals surface area contributed by atoms with Crippen LogP contribution in [0, 0.1) is 0 Å².